The second-order valence-electron chi connectivity index (χ2n) is 8.95. The van der Waals surface area contributed by atoms with E-state index >= 15 is 0 Å². The van der Waals surface area contributed by atoms with E-state index in [1.54, 1.807) is 0 Å². The van der Waals surface area contributed by atoms with Gasteiger partial charge in [0.1, 0.15) is 5.82 Å². The Morgan fingerprint density at radius 1 is 1.16 bits per heavy atom. The summed E-state index contributed by atoms with van der Waals surface area (Å²) < 4.78 is 2.18. The Labute approximate surface area is 184 Å². The van der Waals surface area contributed by atoms with Crippen molar-refractivity contribution < 1.29 is 9.90 Å². The summed E-state index contributed by atoms with van der Waals surface area (Å²) in [4.78, 5) is 19.9. The molecule has 1 aliphatic heterocycles. The number of imidazole rings is 1. The van der Waals surface area contributed by atoms with E-state index in [2.05, 4.69) is 42.7 Å². The lowest BCUT2D eigenvalue weighted by Gasteiger charge is -2.42. The Hall–Kier alpha value is -2.66. The van der Waals surface area contributed by atoms with Gasteiger partial charge in [-0.25, -0.2) is 4.98 Å². The van der Waals surface area contributed by atoms with Crippen LogP contribution in [0.4, 0.5) is 0 Å². The summed E-state index contributed by atoms with van der Waals surface area (Å²) in [5.74, 6) is 1.19. The maximum Gasteiger partial charge on any atom is 0.224 e. The number of aliphatic hydroxyl groups excluding tert-OH is 1. The number of rotatable bonds is 7. The minimum Gasteiger partial charge on any atom is -0.396 e. The average molecular weight is 420 g/mol. The Morgan fingerprint density at radius 2 is 1.94 bits per heavy atom. The SMILES string of the molecule is CCc1nc2ccccc2n1CCC(=O)N1CCC[C@](CO)(Cc2ccccc2C)C1. The minimum absolute atomic E-state index is 0.108. The highest BCUT2D eigenvalue weighted by Gasteiger charge is 2.37. The number of hydrogen-bond acceptors (Lipinski definition) is 3. The van der Waals surface area contributed by atoms with Crippen LogP contribution in [0.15, 0.2) is 48.5 Å². The van der Waals surface area contributed by atoms with Gasteiger partial charge in [0.15, 0.2) is 0 Å². The maximum absolute atomic E-state index is 13.2. The first-order valence-electron chi connectivity index (χ1n) is 11.4. The number of aliphatic hydroxyl groups is 1. The molecule has 1 atom stereocenters. The summed E-state index contributed by atoms with van der Waals surface area (Å²) in [7, 11) is 0. The van der Waals surface area contributed by atoms with Crippen molar-refractivity contribution in [1.82, 2.24) is 14.5 Å². The van der Waals surface area contributed by atoms with E-state index in [4.69, 9.17) is 4.98 Å². The number of carbonyl (C=O) groups is 1. The zero-order valence-corrected chi connectivity index (χ0v) is 18.7. The third kappa shape index (κ3) is 4.52. The summed E-state index contributed by atoms with van der Waals surface area (Å²) in [5.41, 5.74) is 4.34. The Bertz CT molecular complexity index is 1060. The number of nitrogens with zero attached hydrogens (tertiary/aromatic N) is 3. The molecule has 2 aromatic carbocycles. The molecule has 0 spiro atoms. The highest BCUT2D eigenvalue weighted by atomic mass is 16.3. The summed E-state index contributed by atoms with van der Waals surface area (Å²) >= 11 is 0. The van der Waals surface area contributed by atoms with Gasteiger partial charge in [0.2, 0.25) is 5.91 Å². The molecule has 1 aromatic heterocycles. The fourth-order valence-corrected chi connectivity index (χ4v) is 4.97. The van der Waals surface area contributed by atoms with Crippen molar-refractivity contribution in [2.24, 2.45) is 5.41 Å². The molecule has 4 rings (SSSR count). The predicted octanol–water partition coefficient (Wildman–Crippen LogP) is 4.14. The molecule has 0 bridgehead atoms. The number of aryl methyl sites for hydroxylation is 3. The van der Waals surface area contributed by atoms with Crippen LogP contribution in [0.2, 0.25) is 0 Å². The van der Waals surface area contributed by atoms with Gasteiger partial charge in [-0.1, -0.05) is 43.3 Å². The van der Waals surface area contributed by atoms with E-state index in [1.807, 2.05) is 29.2 Å². The van der Waals surface area contributed by atoms with Crippen molar-refractivity contribution in [3.63, 3.8) is 0 Å². The van der Waals surface area contributed by atoms with Gasteiger partial charge in [0, 0.05) is 37.9 Å². The first kappa shape index (κ1) is 21.6. The number of piperidine rings is 1. The lowest BCUT2D eigenvalue weighted by molar-refractivity contribution is -0.135. The molecule has 3 aromatic rings. The van der Waals surface area contributed by atoms with Crippen LogP contribution in [0, 0.1) is 12.3 Å². The van der Waals surface area contributed by atoms with Crippen LogP contribution in [0.1, 0.15) is 43.1 Å². The molecule has 1 fully saturated rings. The van der Waals surface area contributed by atoms with Crippen molar-refractivity contribution >= 4 is 16.9 Å². The van der Waals surface area contributed by atoms with E-state index in [9.17, 15) is 9.90 Å². The van der Waals surface area contributed by atoms with Crippen LogP contribution in [-0.4, -0.2) is 45.2 Å². The van der Waals surface area contributed by atoms with Gasteiger partial charge in [0.05, 0.1) is 17.6 Å². The fraction of sp³-hybridized carbons (Fsp3) is 0.462. The molecule has 5 heteroatoms. The Kier molecular flexibility index (Phi) is 6.42. The minimum atomic E-state index is -0.254. The van der Waals surface area contributed by atoms with Crippen molar-refractivity contribution in [2.75, 3.05) is 19.7 Å². The predicted molar refractivity (Wildman–Crippen MR) is 124 cm³/mol. The topological polar surface area (TPSA) is 58.4 Å². The zero-order valence-electron chi connectivity index (χ0n) is 18.7. The molecule has 1 N–H and O–H groups in total. The van der Waals surface area contributed by atoms with Crippen LogP contribution in [0.3, 0.4) is 0 Å². The van der Waals surface area contributed by atoms with Gasteiger partial charge < -0.3 is 14.6 Å². The van der Waals surface area contributed by atoms with Gasteiger partial charge in [-0.05, 0) is 49.4 Å². The molecule has 0 radical (unpaired) electrons. The molecule has 31 heavy (non-hydrogen) atoms. The Balaban J connectivity index is 1.46. The van der Waals surface area contributed by atoms with Crippen molar-refractivity contribution in [1.29, 1.82) is 0 Å². The van der Waals surface area contributed by atoms with Gasteiger partial charge >= 0.3 is 0 Å². The number of likely N-dealkylation sites (tertiary alicyclic amines) is 1. The molecule has 1 aliphatic rings. The van der Waals surface area contributed by atoms with Gasteiger partial charge in [0.25, 0.3) is 0 Å². The Morgan fingerprint density at radius 3 is 2.71 bits per heavy atom. The standard InChI is InChI=1S/C26H33N3O2/c1-3-24-27-22-11-6-7-12-23(22)29(24)16-13-25(31)28-15-8-14-26(18-28,19-30)17-21-10-5-4-9-20(21)2/h4-7,9-12,30H,3,8,13-19H2,1-2H3/t26-/m0/s1. The average Bonchev–Trinajstić information content (AvgIpc) is 3.17. The van der Waals surface area contributed by atoms with Gasteiger partial charge in [-0.15, -0.1) is 0 Å². The zero-order chi connectivity index (χ0) is 21.8. The molecule has 1 saturated heterocycles. The summed E-state index contributed by atoms with van der Waals surface area (Å²) in [6.07, 6.45) is 4.00. The van der Waals surface area contributed by atoms with Crippen LogP contribution >= 0.6 is 0 Å². The molecule has 0 aliphatic carbocycles. The van der Waals surface area contributed by atoms with Gasteiger partial charge in [-0.2, -0.15) is 0 Å². The molecule has 164 valence electrons. The maximum atomic E-state index is 13.2. The highest BCUT2D eigenvalue weighted by Crippen LogP contribution is 2.34. The summed E-state index contributed by atoms with van der Waals surface area (Å²) in [6.45, 7) is 6.38. The molecular weight excluding hydrogens is 386 g/mol. The molecule has 0 unspecified atom stereocenters. The molecule has 1 amide bonds. The van der Waals surface area contributed by atoms with E-state index < -0.39 is 0 Å². The highest BCUT2D eigenvalue weighted by molar-refractivity contribution is 5.78. The third-order valence-corrected chi connectivity index (χ3v) is 6.78. The van der Waals surface area contributed by atoms with Crippen molar-refractivity contribution in [2.45, 2.75) is 52.5 Å². The smallest absolute Gasteiger partial charge is 0.224 e. The lowest BCUT2D eigenvalue weighted by Crippen LogP contribution is -2.49. The van der Waals surface area contributed by atoms with E-state index in [0.29, 0.717) is 19.5 Å². The summed E-state index contributed by atoms with van der Waals surface area (Å²) in [5, 5.41) is 10.3. The number of aromatic nitrogens is 2. The molecular formula is C26H33N3O2. The van der Waals surface area contributed by atoms with Gasteiger partial charge in [-0.3, -0.25) is 4.79 Å². The van der Waals surface area contributed by atoms with Crippen LogP contribution in [0.25, 0.3) is 11.0 Å². The van der Waals surface area contributed by atoms with E-state index in [0.717, 1.165) is 49.1 Å². The first-order valence-corrected chi connectivity index (χ1v) is 11.4. The van der Waals surface area contributed by atoms with Crippen LogP contribution in [-0.2, 0) is 24.2 Å². The second-order valence-corrected chi connectivity index (χ2v) is 8.95. The lowest BCUT2D eigenvalue weighted by atomic mass is 9.75. The van der Waals surface area contributed by atoms with Crippen LogP contribution in [0.5, 0.6) is 0 Å². The normalized spacial score (nSPS) is 19.1. The van der Waals surface area contributed by atoms with E-state index in [1.165, 1.54) is 11.1 Å². The molecule has 0 saturated carbocycles. The number of fused-ring (bicyclic) bond motifs is 1. The number of amides is 1. The monoisotopic (exact) mass is 419 g/mol. The summed E-state index contributed by atoms with van der Waals surface area (Å²) in [6, 6.07) is 16.5. The van der Waals surface area contributed by atoms with Crippen molar-refractivity contribution in [3.05, 3.63) is 65.5 Å². The van der Waals surface area contributed by atoms with Crippen LogP contribution < -0.4 is 0 Å². The van der Waals surface area contributed by atoms with Crippen molar-refractivity contribution in [3.8, 4) is 0 Å². The number of carbonyl (C=O) groups excluding carboxylic acids is 1. The number of hydrogen-bond donors (Lipinski definition) is 1. The quantitative estimate of drug-likeness (QED) is 0.626. The van der Waals surface area contributed by atoms with E-state index in [-0.39, 0.29) is 17.9 Å². The first-order chi connectivity index (χ1) is 15.0. The number of para-hydroxylation sites is 2. The number of benzene rings is 2. The third-order valence-electron chi connectivity index (χ3n) is 6.78. The molecule has 5 nitrogen and oxygen atoms in total. The molecule has 2 heterocycles. The fourth-order valence-electron chi connectivity index (χ4n) is 4.97. The second kappa shape index (κ2) is 9.23. The largest absolute Gasteiger partial charge is 0.396 e.